The zero-order chi connectivity index (χ0) is 15.6. The van der Waals surface area contributed by atoms with E-state index < -0.39 is 5.54 Å². The second-order valence-electron chi connectivity index (χ2n) is 7.09. The SMILES string of the molecule is CCCC(C)(C)OCCC(C)(C)N1C(=O)CC(C)C1=O. The monoisotopic (exact) mass is 283 g/mol. The van der Waals surface area contributed by atoms with Crippen molar-refractivity contribution in [1.82, 2.24) is 4.90 Å². The van der Waals surface area contributed by atoms with Gasteiger partial charge in [0.1, 0.15) is 0 Å². The normalized spacial score (nSPS) is 20.9. The Labute approximate surface area is 122 Å². The highest BCUT2D eigenvalue weighted by Crippen LogP contribution is 2.30. The third-order valence-corrected chi connectivity index (χ3v) is 4.04. The summed E-state index contributed by atoms with van der Waals surface area (Å²) in [5.41, 5.74) is -0.613. The molecule has 0 aromatic heterocycles. The summed E-state index contributed by atoms with van der Waals surface area (Å²) in [5, 5.41) is 0. The minimum absolute atomic E-state index is 0.0483. The Bertz CT molecular complexity index is 374. The summed E-state index contributed by atoms with van der Waals surface area (Å²) in [7, 11) is 0. The molecule has 4 heteroatoms. The fourth-order valence-corrected chi connectivity index (χ4v) is 2.78. The molecule has 0 bridgehead atoms. The molecule has 1 unspecified atom stereocenters. The molecule has 1 aliphatic heterocycles. The summed E-state index contributed by atoms with van der Waals surface area (Å²) in [6.07, 6.45) is 3.10. The van der Waals surface area contributed by atoms with Crippen molar-refractivity contribution >= 4 is 11.8 Å². The molecule has 0 aliphatic carbocycles. The standard InChI is InChI=1S/C16H29NO3/c1-7-8-16(5,6)20-10-9-15(3,4)17-13(18)11-12(2)14(17)19/h12H,7-11H2,1-6H3. The number of carbonyl (C=O) groups is 2. The lowest BCUT2D eigenvalue weighted by Crippen LogP contribution is -2.48. The molecule has 0 aromatic carbocycles. The van der Waals surface area contributed by atoms with Gasteiger partial charge in [0, 0.05) is 24.5 Å². The first kappa shape index (κ1) is 17.2. The smallest absolute Gasteiger partial charge is 0.233 e. The summed E-state index contributed by atoms with van der Waals surface area (Å²) < 4.78 is 5.91. The van der Waals surface area contributed by atoms with Crippen LogP contribution in [0.15, 0.2) is 0 Å². The second-order valence-corrected chi connectivity index (χ2v) is 7.09. The summed E-state index contributed by atoms with van der Waals surface area (Å²) in [5.74, 6) is -0.285. The average Bonchev–Trinajstić information content (AvgIpc) is 2.52. The van der Waals surface area contributed by atoms with Crippen LogP contribution in [0.1, 0.15) is 67.2 Å². The molecule has 4 nitrogen and oxygen atoms in total. The van der Waals surface area contributed by atoms with Crippen LogP contribution in [0.3, 0.4) is 0 Å². The van der Waals surface area contributed by atoms with E-state index in [-0.39, 0.29) is 23.3 Å². The third kappa shape index (κ3) is 4.05. The quantitative estimate of drug-likeness (QED) is 0.674. The van der Waals surface area contributed by atoms with Crippen molar-refractivity contribution < 1.29 is 14.3 Å². The molecule has 1 saturated heterocycles. The van der Waals surface area contributed by atoms with Crippen LogP contribution in [-0.2, 0) is 14.3 Å². The van der Waals surface area contributed by atoms with Gasteiger partial charge in [-0.3, -0.25) is 14.5 Å². The second kappa shape index (κ2) is 6.25. The molecule has 1 fully saturated rings. The molecular weight excluding hydrogens is 254 g/mol. The average molecular weight is 283 g/mol. The Kier molecular flexibility index (Phi) is 5.36. The molecule has 1 heterocycles. The van der Waals surface area contributed by atoms with Crippen molar-refractivity contribution in [3.8, 4) is 0 Å². The van der Waals surface area contributed by atoms with Gasteiger partial charge in [0.25, 0.3) is 0 Å². The van der Waals surface area contributed by atoms with Gasteiger partial charge in [0.2, 0.25) is 11.8 Å². The highest BCUT2D eigenvalue weighted by atomic mass is 16.5. The largest absolute Gasteiger partial charge is 0.375 e. The van der Waals surface area contributed by atoms with E-state index in [0.717, 1.165) is 12.8 Å². The minimum atomic E-state index is -0.471. The number of rotatable bonds is 7. The van der Waals surface area contributed by atoms with Crippen molar-refractivity contribution in [2.24, 2.45) is 5.92 Å². The Balaban J connectivity index is 2.58. The van der Waals surface area contributed by atoms with Crippen LogP contribution in [0.5, 0.6) is 0 Å². The van der Waals surface area contributed by atoms with Crippen molar-refractivity contribution in [2.45, 2.75) is 78.4 Å². The maximum absolute atomic E-state index is 12.1. The van der Waals surface area contributed by atoms with Crippen LogP contribution in [0.2, 0.25) is 0 Å². The molecule has 20 heavy (non-hydrogen) atoms. The van der Waals surface area contributed by atoms with Gasteiger partial charge in [-0.2, -0.15) is 0 Å². The van der Waals surface area contributed by atoms with Gasteiger partial charge < -0.3 is 4.74 Å². The number of likely N-dealkylation sites (tertiary alicyclic amines) is 1. The molecule has 1 rings (SSSR count). The highest BCUT2D eigenvalue weighted by molar-refractivity contribution is 6.04. The Morgan fingerprint density at radius 1 is 1.20 bits per heavy atom. The van der Waals surface area contributed by atoms with Crippen molar-refractivity contribution in [3.05, 3.63) is 0 Å². The van der Waals surface area contributed by atoms with Crippen molar-refractivity contribution in [2.75, 3.05) is 6.61 Å². The summed E-state index contributed by atoms with van der Waals surface area (Å²) >= 11 is 0. The zero-order valence-electron chi connectivity index (χ0n) is 13.8. The first-order chi connectivity index (χ1) is 9.10. The number of imide groups is 1. The number of ether oxygens (including phenoxy) is 1. The van der Waals surface area contributed by atoms with Gasteiger partial charge in [-0.25, -0.2) is 0 Å². The van der Waals surface area contributed by atoms with Crippen LogP contribution in [0.25, 0.3) is 0 Å². The third-order valence-electron chi connectivity index (χ3n) is 4.04. The summed E-state index contributed by atoms with van der Waals surface area (Å²) in [6.45, 7) is 12.6. The molecular formula is C16H29NO3. The first-order valence-corrected chi connectivity index (χ1v) is 7.61. The number of nitrogens with zero attached hydrogens (tertiary/aromatic N) is 1. The number of amides is 2. The Morgan fingerprint density at radius 2 is 1.80 bits per heavy atom. The molecule has 1 atom stereocenters. The van der Waals surface area contributed by atoms with E-state index in [1.807, 2.05) is 20.8 Å². The van der Waals surface area contributed by atoms with Crippen molar-refractivity contribution in [1.29, 1.82) is 0 Å². The molecule has 1 aliphatic rings. The number of carbonyl (C=O) groups excluding carboxylic acids is 2. The number of hydrogen-bond donors (Lipinski definition) is 0. The predicted molar refractivity (Wildman–Crippen MR) is 79.3 cm³/mol. The van der Waals surface area contributed by atoms with E-state index in [1.165, 1.54) is 4.90 Å². The highest BCUT2D eigenvalue weighted by Gasteiger charge is 2.43. The van der Waals surface area contributed by atoms with E-state index in [9.17, 15) is 9.59 Å². The van der Waals surface area contributed by atoms with Crippen molar-refractivity contribution in [3.63, 3.8) is 0 Å². The van der Waals surface area contributed by atoms with E-state index in [2.05, 4.69) is 20.8 Å². The lowest BCUT2D eigenvalue weighted by molar-refractivity contribution is -0.146. The van der Waals surface area contributed by atoms with Gasteiger partial charge >= 0.3 is 0 Å². The van der Waals surface area contributed by atoms with Gasteiger partial charge in [-0.1, -0.05) is 20.3 Å². The van der Waals surface area contributed by atoms with Crippen LogP contribution in [0.4, 0.5) is 0 Å². The van der Waals surface area contributed by atoms with Gasteiger partial charge in [0.15, 0.2) is 0 Å². The van der Waals surface area contributed by atoms with E-state index in [0.29, 0.717) is 19.4 Å². The maximum Gasteiger partial charge on any atom is 0.233 e. The minimum Gasteiger partial charge on any atom is -0.375 e. The molecule has 0 saturated carbocycles. The van der Waals surface area contributed by atoms with Crippen LogP contribution in [0, 0.1) is 5.92 Å². The molecule has 2 amide bonds. The van der Waals surface area contributed by atoms with Gasteiger partial charge in [-0.15, -0.1) is 0 Å². The topological polar surface area (TPSA) is 46.6 Å². The number of hydrogen-bond acceptors (Lipinski definition) is 3. The lowest BCUT2D eigenvalue weighted by atomic mass is 9.98. The summed E-state index contributed by atoms with van der Waals surface area (Å²) in [4.78, 5) is 25.5. The fourth-order valence-electron chi connectivity index (χ4n) is 2.78. The zero-order valence-corrected chi connectivity index (χ0v) is 13.8. The fraction of sp³-hybridized carbons (Fsp3) is 0.875. The van der Waals surface area contributed by atoms with Gasteiger partial charge in [0.05, 0.1) is 5.60 Å². The first-order valence-electron chi connectivity index (χ1n) is 7.61. The predicted octanol–water partition coefficient (Wildman–Crippen LogP) is 3.15. The van der Waals surface area contributed by atoms with Crippen LogP contribution < -0.4 is 0 Å². The maximum atomic E-state index is 12.1. The molecule has 0 spiro atoms. The van der Waals surface area contributed by atoms with Crippen LogP contribution >= 0.6 is 0 Å². The lowest BCUT2D eigenvalue weighted by Gasteiger charge is -2.35. The summed E-state index contributed by atoms with van der Waals surface area (Å²) in [6, 6.07) is 0. The Hall–Kier alpha value is -0.900. The van der Waals surface area contributed by atoms with E-state index >= 15 is 0 Å². The van der Waals surface area contributed by atoms with Gasteiger partial charge in [-0.05, 0) is 40.5 Å². The van der Waals surface area contributed by atoms with Crippen LogP contribution in [-0.4, -0.2) is 34.5 Å². The van der Waals surface area contributed by atoms with E-state index in [1.54, 1.807) is 0 Å². The molecule has 0 N–H and O–H groups in total. The van der Waals surface area contributed by atoms with E-state index in [4.69, 9.17) is 4.74 Å². The Morgan fingerprint density at radius 3 is 2.25 bits per heavy atom. The molecule has 0 radical (unpaired) electrons. The molecule has 116 valence electrons. The molecule has 0 aromatic rings.